The van der Waals surface area contributed by atoms with Gasteiger partial charge in [0.05, 0.1) is 5.02 Å². The number of fused-ring (bicyclic) bond motifs is 1. The van der Waals surface area contributed by atoms with E-state index >= 15 is 0 Å². The standard InChI is InChI=1S/C14H20ClN3O2S/c1-16-14-12(15)8-11(9-17-14)21(19,20)18-7-6-10-4-2-3-5-13(10)18/h8-10,13H,2-7H2,1H3,(H,16,17). The molecule has 0 aromatic carbocycles. The van der Waals surface area contributed by atoms with Crippen LogP contribution in [0.1, 0.15) is 32.1 Å². The van der Waals surface area contributed by atoms with Gasteiger partial charge in [-0.3, -0.25) is 0 Å². The Morgan fingerprint density at radius 1 is 1.33 bits per heavy atom. The highest BCUT2D eigenvalue weighted by molar-refractivity contribution is 7.89. The van der Waals surface area contributed by atoms with E-state index in [0.717, 1.165) is 25.7 Å². The highest BCUT2D eigenvalue weighted by atomic mass is 35.5. The highest BCUT2D eigenvalue weighted by Gasteiger charge is 2.42. The van der Waals surface area contributed by atoms with Gasteiger partial charge in [0.2, 0.25) is 10.0 Å². The average Bonchev–Trinajstić information content (AvgIpc) is 2.91. The Bertz CT molecular complexity index is 635. The van der Waals surface area contributed by atoms with Crippen LogP contribution >= 0.6 is 11.6 Å². The molecule has 1 N–H and O–H groups in total. The normalized spacial score (nSPS) is 26.6. The van der Waals surface area contributed by atoms with Crippen molar-refractivity contribution in [3.8, 4) is 0 Å². The second kappa shape index (κ2) is 5.74. The molecule has 3 rings (SSSR count). The fraction of sp³-hybridized carbons (Fsp3) is 0.643. The summed E-state index contributed by atoms with van der Waals surface area (Å²) < 4.78 is 27.4. The summed E-state index contributed by atoms with van der Waals surface area (Å²) >= 11 is 6.07. The number of nitrogens with zero attached hydrogens (tertiary/aromatic N) is 2. The van der Waals surface area contributed by atoms with E-state index in [-0.39, 0.29) is 10.9 Å². The van der Waals surface area contributed by atoms with Crippen LogP contribution in [-0.4, -0.2) is 37.3 Å². The van der Waals surface area contributed by atoms with Crippen molar-refractivity contribution in [2.45, 2.75) is 43.0 Å². The summed E-state index contributed by atoms with van der Waals surface area (Å²) in [6, 6.07) is 1.65. The van der Waals surface area contributed by atoms with Gasteiger partial charge in [0.1, 0.15) is 10.7 Å². The molecule has 7 heteroatoms. The first-order valence-electron chi connectivity index (χ1n) is 7.39. The zero-order valence-electron chi connectivity index (χ0n) is 12.0. The van der Waals surface area contributed by atoms with E-state index in [0.29, 0.717) is 23.3 Å². The fourth-order valence-electron chi connectivity index (χ4n) is 3.54. The quantitative estimate of drug-likeness (QED) is 0.926. The molecule has 0 bridgehead atoms. The number of sulfonamides is 1. The molecule has 0 radical (unpaired) electrons. The maximum atomic E-state index is 12.8. The Labute approximate surface area is 130 Å². The van der Waals surface area contributed by atoms with Crippen molar-refractivity contribution in [3.63, 3.8) is 0 Å². The number of hydrogen-bond donors (Lipinski definition) is 1. The van der Waals surface area contributed by atoms with Crippen LogP contribution in [0.25, 0.3) is 0 Å². The molecule has 5 nitrogen and oxygen atoms in total. The third-order valence-electron chi connectivity index (χ3n) is 4.62. The topological polar surface area (TPSA) is 62.3 Å². The Kier molecular flexibility index (Phi) is 4.12. The lowest BCUT2D eigenvalue weighted by molar-refractivity contribution is 0.260. The van der Waals surface area contributed by atoms with E-state index < -0.39 is 10.0 Å². The van der Waals surface area contributed by atoms with Gasteiger partial charge in [-0.2, -0.15) is 4.31 Å². The molecule has 1 saturated carbocycles. The van der Waals surface area contributed by atoms with E-state index in [4.69, 9.17) is 11.6 Å². The lowest BCUT2D eigenvalue weighted by Gasteiger charge is -2.31. The van der Waals surface area contributed by atoms with Crippen LogP contribution in [0.4, 0.5) is 5.82 Å². The molecule has 1 aromatic rings. The van der Waals surface area contributed by atoms with Crippen LogP contribution in [0.2, 0.25) is 5.02 Å². The fourth-order valence-corrected chi connectivity index (χ4v) is 5.57. The van der Waals surface area contributed by atoms with E-state index in [9.17, 15) is 8.42 Å². The van der Waals surface area contributed by atoms with Crippen molar-refractivity contribution in [1.29, 1.82) is 0 Å². The zero-order chi connectivity index (χ0) is 15.0. The van der Waals surface area contributed by atoms with Gasteiger partial charge >= 0.3 is 0 Å². The minimum Gasteiger partial charge on any atom is -0.372 e. The van der Waals surface area contributed by atoms with Gasteiger partial charge < -0.3 is 5.32 Å². The molecule has 1 saturated heterocycles. The van der Waals surface area contributed by atoms with Crippen molar-refractivity contribution in [1.82, 2.24) is 9.29 Å². The summed E-state index contributed by atoms with van der Waals surface area (Å²) in [7, 11) is -1.79. The predicted octanol–water partition coefficient (Wildman–Crippen LogP) is 2.73. The predicted molar refractivity (Wildman–Crippen MR) is 83.0 cm³/mol. The average molecular weight is 330 g/mol. The molecule has 2 unspecified atom stereocenters. The first kappa shape index (κ1) is 15.1. The number of hydrogen-bond acceptors (Lipinski definition) is 4. The van der Waals surface area contributed by atoms with Crippen LogP contribution in [0.5, 0.6) is 0 Å². The van der Waals surface area contributed by atoms with E-state index in [1.165, 1.54) is 18.7 Å². The van der Waals surface area contributed by atoms with Crippen LogP contribution in [0.15, 0.2) is 17.2 Å². The minimum atomic E-state index is -3.50. The van der Waals surface area contributed by atoms with Gasteiger partial charge in [-0.1, -0.05) is 24.4 Å². The maximum absolute atomic E-state index is 12.8. The van der Waals surface area contributed by atoms with Crippen molar-refractivity contribution >= 4 is 27.4 Å². The molecule has 2 heterocycles. The molecule has 116 valence electrons. The molecule has 2 atom stereocenters. The zero-order valence-corrected chi connectivity index (χ0v) is 13.6. The SMILES string of the molecule is CNc1ncc(S(=O)(=O)N2CCC3CCCCC32)cc1Cl. The second-order valence-corrected chi connectivity index (χ2v) is 8.07. The minimum absolute atomic E-state index is 0.159. The number of halogens is 1. The highest BCUT2D eigenvalue weighted by Crippen LogP contribution is 2.39. The third kappa shape index (κ3) is 2.64. The summed E-state index contributed by atoms with van der Waals surface area (Å²) in [6.07, 6.45) is 6.82. The molecule has 1 aliphatic heterocycles. The van der Waals surface area contributed by atoms with Crippen LogP contribution in [-0.2, 0) is 10.0 Å². The third-order valence-corrected chi connectivity index (χ3v) is 6.80. The van der Waals surface area contributed by atoms with Crippen molar-refractivity contribution in [3.05, 3.63) is 17.3 Å². The molecule has 0 amide bonds. The molecule has 1 aliphatic carbocycles. The van der Waals surface area contributed by atoms with E-state index in [2.05, 4.69) is 10.3 Å². The van der Waals surface area contributed by atoms with Gasteiger partial charge in [0.15, 0.2) is 0 Å². The van der Waals surface area contributed by atoms with Gasteiger partial charge in [-0.05, 0) is 31.2 Å². The van der Waals surface area contributed by atoms with Crippen LogP contribution in [0, 0.1) is 5.92 Å². The van der Waals surface area contributed by atoms with E-state index in [1.54, 1.807) is 11.4 Å². The molecule has 2 fully saturated rings. The maximum Gasteiger partial charge on any atom is 0.244 e. The van der Waals surface area contributed by atoms with Gasteiger partial charge in [-0.15, -0.1) is 0 Å². The number of pyridine rings is 1. The largest absolute Gasteiger partial charge is 0.372 e. The Morgan fingerprint density at radius 2 is 2.10 bits per heavy atom. The second-order valence-electron chi connectivity index (χ2n) is 5.77. The molecule has 1 aromatic heterocycles. The first-order valence-corrected chi connectivity index (χ1v) is 9.21. The molecular weight excluding hydrogens is 310 g/mol. The van der Waals surface area contributed by atoms with E-state index in [1.807, 2.05) is 0 Å². The molecule has 2 aliphatic rings. The summed E-state index contributed by atoms with van der Waals surface area (Å²) in [6.45, 7) is 0.614. The lowest BCUT2D eigenvalue weighted by atomic mass is 9.86. The summed E-state index contributed by atoms with van der Waals surface area (Å²) in [5.74, 6) is 1.01. The van der Waals surface area contributed by atoms with Gasteiger partial charge in [0, 0.05) is 25.8 Å². The van der Waals surface area contributed by atoms with Gasteiger partial charge in [-0.25, -0.2) is 13.4 Å². The number of anilines is 1. The monoisotopic (exact) mass is 329 g/mol. The molecule has 21 heavy (non-hydrogen) atoms. The summed E-state index contributed by atoms with van der Waals surface area (Å²) in [5.41, 5.74) is 0. The first-order chi connectivity index (χ1) is 10.0. The summed E-state index contributed by atoms with van der Waals surface area (Å²) in [5, 5.41) is 3.17. The number of nitrogens with one attached hydrogen (secondary N) is 1. The number of rotatable bonds is 3. The number of aromatic nitrogens is 1. The Hall–Kier alpha value is -0.850. The lowest BCUT2D eigenvalue weighted by Crippen LogP contribution is -2.39. The summed E-state index contributed by atoms with van der Waals surface area (Å²) in [4.78, 5) is 4.28. The Balaban J connectivity index is 1.91. The Morgan fingerprint density at radius 3 is 2.81 bits per heavy atom. The molecule has 0 spiro atoms. The van der Waals surface area contributed by atoms with Crippen LogP contribution < -0.4 is 5.32 Å². The van der Waals surface area contributed by atoms with Crippen molar-refractivity contribution in [2.24, 2.45) is 5.92 Å². The van der Waals surface area contributed by atoms with Crippen LogP contribution in [0.3, 0.4) is 0 Å². The van der Waals surface area contributed by atoms with Crippen molar-refractivity contribution in [2.75, 3.05) is 18.9 Å². The smallest absolute Gasteiger partial charge is 0.244 e. The van der Waals surface area contributed by atoms with Gasteiger partial charge in [0.25, 0.3) is 0 Å². The van der Waals surface area contributed by atoms with Crippen molar-refractivity contribution < 1.29 is 8.42 Å². The molecular formula is C14H20ClN3O2S.